The van der Waals surface area contributed by atoms with Gasteiger partial charge in [0.25, 0.3) is 0 Å². The van der Waals surface area contributed by atoms with Gasteiger partial charge in [0.1, 0.15) is 6.10 Å². The number of hydrogen-bond acceptors (Lipinski definition) is 5. The van der Waals surface area contributed by atoms with Gasteiger partial charge in [-0.15, -0.1) is 0 Å². The van der Waals surface area contributed by atoms with Crippen molar-refractivity contribution in [3.8, 4) is 0 Å². The molecular weight excluding hydrogens is 526 g/mol. The van der Waals surface area contributed by atoms with Crippen molar-refractivity contribution >= 4 is 17.7 Å². The Morgan fingerprint density at radius 2 is 1.57 bits per heavy atom. The maximum atomic E-state index is 14.6. The van der Waals surface area contributed by atoms with Crippen LogP contribution in [0.2, 0.25) is 0 Å². The summed E-state index contributed by atoms with van der Waals surface area (Å²) < 4.78 is 11.4. The summed E-state index contributed by atoms with van der Waals surface area (Å²) in [5.74, 6) is 0.930. The van der Waals surface area contributed by atoms with Crippen LogP contribution >= 0.6 is 0 Å². The first-order chi connectivity index (χ1) is 19.5. The monoisotopic (exact) mass is 581 g/mol. The molecule has 42 heavy (non-hydrogen) atoms. The molecule has 6 nitrogen and oxygen atoms in total. The standard InChI is InChI=1S/C36H55NO5/c1-23(38)42-28-10-11-34(6)27(31(28,2)3)9-12-36(8)29(34)26(39)21-24-25-22-33(5,30(40)37-17-19-41-20-18-37)14-13-32(25,4)15-16-35(24,36)7/h21,25,27-29H,9-20,22H2,1-8H3/t25-,27-,28-,29-,32-,33+,34-,35+,36-/m1/s1. The van der Waals surface area contributed by atoms with Crippen LogP contribution in [0.5, 0.6) is 0 Å². The summed E-state index contributed by atoms with van der Waals surface area (Å²) in [7, 11) is 0. The summed E-state index contributed by atoms with van der Waals surface area (Å²) in [5.41, 5.74) is 0.573. The number of esters is 1. The molecule has 0 aromatic carbocycles. The Balaban J connectivity index is 1.36. The average Bonchev–Trinajstić information content (AvgIpc) is 2.92. The van der Waals surface area contributed by atoms with Gasteiger partial charge in [0, 0.05) is 36.8 Å². The van der Waals surface area contributed by atoms with Crippen LogP contribution in [-0.4, -0.2) is 55.0 Å². The highest BCUT2D eigenvalue weighted by atomic mass is 16.5. The molecular formula is C36H55NO5. The molecule has 0 N–H and O–H groups in total. The van der Waals surface area contributed by atoms with Crippen LogP contribution < -0.4 is 0 Å². The van der Waals surface area contributed by atoms with Gasteiger partial charge in [-0.05, 0) is 97.4 Å². The highest BCUT2D eigenvalue weighted by Gasteiger charge is 2.70. The lowest BCUT2D eigenvalue weighted by molar-refractivity contribution is -0.210. The summed E-state index contributed by atoms with van der Waals surface area (Å²) in [5, 5.41) is 0. The van der Waals surface area contributed by atoms with Crippen molar-refractivity contribution in [1.82, 2.24) is 4.90 Å². The third-order valence-corrected chi connectivity index (χ3v) is 14.6. The van der Waals surface area contributed by atoms with Crippen molar-refractivity contribution in [1.29, 1.82) is 0 Å². The minimum atomic E-state index is -0.399. The molecule has 0 spiro atoms. The van der Waals surface area contributed by atoms with E-state index in [-0.39, 0.29) is 56.9 Å². The van der Waals surface area contributed by atoms with Gasteiger partial charge in [-0.2, -0.15) is 0 Å². The average molecular weight is 582 g/mol. The highest BCUT2D eigenvalue weighted by Crippen LogP contribution is 2.75. The number of carbonyl (C=O) groups is 3. The molecule has 1 saturated heterocycles. The lowest BCUT2D eigenvalue weighted by atomic mass is 9.33. The molecule has 234 valence electrons. The van der Waals surface area contributed by atoms with Crippen molar-refractivity contribution in [2.45, 2.75) is 119 Å². The number of rotatable bonds is 2. The van der Waals surface area contributed by atoms with E-state index >= 15 is 0 Å². The maximum absolute atomic E-state index is 14.6. The second-order valence-corrected chi connectivity index (χ2v) is 17.1. The molecule has 9 atom stereocenters. The van der Waals surface area contributed by atoms with E-state index in [9.17, 15) is 14.4 Å². The van der Waals surface area contributed by atoms with Crippen molar-refractivity contribution < 1.29 is 23.9 Å². The molecule has 6 aliphatic rings. The van der Waals surface area contributed by atoms with Crippen LogP contribution in [0.1, 0.15) is 113 Å². The first-order valence-corrected chi connectivity index (χ1v) is 16.8. The molecule has 5 fully saturated rings. The quantitative estimate of drug-likeness (QED) is 0.337. The topological polar surface area (TPSA) is 72.9 Å². The van der Waals surface area contributed by atoms with Crippen LogP contribution in [0.15, 0.2) is 11.6 Å². The number of ketones is 1. The Morgan fingerprint density at radius 3 is 2.24 bits per heavy atom. The molecule has 1 aliphatic heterocycles. The van der Waals surface area contributed by atoms with Gasteiger partial charge in [0.15, 0.2) is 5.78 Å². The van der Waals surface area contributed by atoms with Crippen LogP contribution in [-0.2, 0) is 23.9 Å². The van der Waals surface area contributed by atoms with Gasteiger partial charge >= 0.3 is 5.97 Å². The Morgan fingerprint density at radius 1 is 0.905 bits per heavy atom. The highest BCUT2D eigenvalue weighted by molar-refractivity contribution is 5.95. The second kappa shape index (κ2) is 9.65. The Kier molecular flexibility index (Phi) is 6.97. The molecule has 6 rings (SSSR count). The molecule has 1 amide bonds. The molecule has 0 radical (unpaired) electrons. The van der Waals surface area contributed by atoms with E-state index in [1.807, 2.05) is 4.90 Å². The fourth-order valence-corrected chi connectivity index (χ4v) is 11.9. The van der Waals surface area contributed by atoms with Crippen LogP contribution in [0.4, 0.5) is 0 Å². The maximum Gasteiger partial charge on any atom is 0.302 e. The minimum absolute atomic E-state index is 0.0376. The molecule has 0 unspecified atom stereocenters. The summed E-state index contributed by atoms with van der Waals surface area (Å²) >= 11 is 0. The first kappa shape index (κ1) is 30.3. The van der Waals surface area contributed by atoms with Crippen molar-refractivity contribution in [2.75, 3.05) is 26.3 Å². The molecule has 0 aromatic rings. The number of morpholine rings is 1. The Hall–Kier alpha value is -1.69. The van der Waals surface area contributed by atoms with E-state index in [4.69, 9.17) is 9.47 Å². The minimum Gasteiger partial charge on any atom is -0.462 e. The largest absolute Gasteiger partial charge is 0.462 e. The smallest absolute Gasteiger partial charge is 0.302 e. The zero-order chi connectivity index (χ0) is 30.5. The summed E-state index contributed by atoms with van der Waals surface area (Å²) in [6.07, 6.45) is 10.9. The van der Waals surface area contributed by atoms with E-state index in [1.165, 1.54) is 12.5 Å². The van der Waals surface area contributed by atoms with Gasteiger partial charge in [0.05, 0.1) is 13.2 Å². The van der Waals surface area contributed by atoms with Crippen LogP contribution in [0.3, 0.4) is 0 Å². The first-order valence-electron chi connectivity index (χ1n) is 16.8. The SMILES string of the molecule is CC(=O)O[C@@H]1CC[C@]2(C)[C@H](CC[C@]3(C)[C@@H]2C(=O)C=C2[C@H]4C[C@@](C)(C(=O)N5CCOCC5)CC[C@]4(C)CC[C@@]23C)C1(C)C. The zero-order valence-corrected chi connectivity index (χ0v) is 27.6. The van der Waals surface area contributed by atoms with Gasteiger partial charge < -0.3 is 14.4 Å². The zero-order valence-electron chi connectivity index (χ0n) is 27.6. The molecule has 1 heterocycles. The van der Waals surface area contributed by atoms with Crippen molar-refractivity contribution in [2.24, 2.45) is 50.2 Å². The van der Waals surface area contributed by atoms with Crippen molar-refractivity contribution in [3.05, 3.63) is 11.6 Å². The van der Waals surface area contributed by atoms with Gasteiger partial charge in [-0.3, -0.25) is 14.4 Å². The lowest BCUT2D eigenvalue weighted by Crippen LogP contribution is -2.67. The summed E-state index contributed by atoms with van der Waals surface area (Å²) in [4.78, 5) is 42.6. The molecule has 0 bridgehead atoms. The number of fused-ring (bicyclic) bond motifs is 7. The van der Waals surface area contributed by atoms with Gasteiger partial charge in [-0.25, -0.2) is 0 Å². The molecule has 0 aromatic heterocycles. The predicted octanol–water partition coefficient (Wildman–Crippen LogP) is 6.76. The van der Waals surface area contributed by atoms with E-state index in [0.717, 1.165) is 57.8 Å². The predicted molar refractivity (Wildman–Crippen MR) is 162 cm³/mol. The molecule has 5 aliphatic carbocycles. The number of hydrogen-bond donors (Lipinski definition) is 0. The third kappa shape index (κ3) is 4.08. The van der Waals surface area contributed by atoms with E-state index in [2.05, 4.69) is 54.5 Å². The fourth-order valence-electron chi connectivity index (χ4n) is 11.9. The second-order valence-electron chi connectivity index (χ2n) is 17.1. The number of ether oxygens (including phenoxy) is 2. The third-order valence-electron chi connectivity index (χ3n) is 14.6. The summed E-state index contributed by atoms with van der Waals surface area (Å²) in [6, 6.07) is 0. The number of carbonyl (C=O) groups excluding carboxylic acids is 3. The van der Waals surface area contributed by atoms with Crippen molar-refractivity contribution in [3.63, 3.8) is 0 Å². The lowest BCUT2D eigenvalue weighted by Gasteiger charge is -2.70. The molecule has 4 saturated carbocycles. The Labute approximate surface area is 253 Å². The fraction of sp³-hybridized carbons (Fsp3) is 0.861. The van der Waals surface area contributed by atoms with Crippen LogP contribution in [0.25, 0.3) is 0 Å². The van der Waals surface area contributed by atoms with E-state index in [1.54, 1.807) is 0 Å². The van der Waals surface area contributed by atoms with Crippen LogP contribution in [0, 0.1) is 50.2 Å². The number of allylic oxidation sites excluding steroid dienone is 2. The van der Waals surface area contributed by atoms with E-state index in [0.29, 0.717) is 38.0 Å². The van der Waals surface area contributed by atoms with E-state index < -0.39 is 5.41 Å². The summed E-state index contributed by atoms with van der Waals surface area (Å²) in [6.45, 7) is 20.6. The van der Waals surface area contributed by atoms with Gasteiger partial charge in [-0.1, -0.05) is 54.0 Å². The van der Waals surface area contributed by atoms with Gasteiger partial charge in [0.2, 0.25) is 5.91 Å². The molecule has 6 heteroatoms. The number of amides is 1. The Bertz CT molecular complexity index is 1200. The normalized spacial score (nSPS) is 48.1. The number of nitrogens with zero attached hydrogens (tertiary/aromatic N) is 1.